The fourth-order valence-corrected chi connectivity index (χ4v) is 4.34. The highest BCUT2D eigenvalue weighted by Crippen LogP contribution is 2.37. The largest absolute Gasteiger partial charge is 0.480 e. The average molecular weight is 449 g/mol. The zero-order valence-corrected chi connectivity index (χ0v) is 18.8. The van der Waals surface area contributed by atoms with Crippen molar-refractivity contribution in [3.8, 4) is 0 Å². The third-order valence-electron chi connectivity index (χ3n) is 5.35. The number of hydrogen-bond acceptors (Lipinski definition) is 4. The number of thioether (sulfide) groups is 1. The molecule has 3 N–H and O–H groups in total. The highest BCUT2D eigenvalue weighted by Gasteiger charge is 2.39. The highest BCUT2D eigenvalue weighted by molar-refractivity contribution is 7.98. The zero-order valence-electron chi connectivity index (χ0n) is 18.0. The van der Waals surface area contributed by atoms with E-state index in [0.717, 1.165) is 22.4 Å². The third-order valence-corrected chi connectivity index (χ3v) is 6.00. The Morgan fingerprint density at radius 2 is 1.28 bits per heavy atom. The van der Waals surface area contributed by atoms with Gasteiger partial charge in [0.2, 0.25) is 5.91 Å². The predicted molar refractivity (Wildman–Crippen MR) is 130 cm³/mol. The van der Waals surface area contributed by atoms with Gasteiger partial charge >= 0.3 is 5.97 Å². The minimum atomic E-state index is -1.07. The number of benzene rings is 3. The molecule has 3 aromatic rings. The third kappa shape index (κ3) is 5.58. The lowest BCUT2D eigenvalue weighted by atomic mass is 9.76. The van der Waals surface area contributed by atoms with Gasteiger partial charge in [-0.15, -0.1) is 0 Å². The molecule has 0 heterocycles. The monoisotopic (exact) mass is 448 g/mol. The van der Waals surface area contributed by atoms with E-state index < -0.39 is 24.1 Å². The van der Waals surface area contributed by atoms with E-state index in [9.17, 15) is 9.59 Å². The molecule has 0 spiro atoms. The van der Waals surface area contributed by atoms with E-state index in [1.807, 2.05) is 97.3 Å². The molecule has 166 valence electrons. The molecule has 0 unspecified atom stereocenters. The van der Waals surface area contributed by atoms with Crippen molar-refractivity contribution in [3.05, 3.63) is 108 Å². The molecular formula is C26H28N2O3S. The molecule has 0 fully saturated rings. The summed E-state index contributed by atoms with van der Waals surface area (Å²) in [4.78, 5) is 24.1. The van der Waals surface area contributed by atoms with Gasteiger partial charge in [0, 0.05) is 0 Å². The van der Waals surface area contributed by atoms with Gasteiger partial charge in [0.05, 0.1) is 11.6 Å². The average Bonchev–Trinajstić information content (AvgIpc) is 2.84. The fraction of sp³-hybridized carbons (Fsp3) is 0.231. The Kier molecular flexibility index (Phi) is 8.48. The summed E-state index contributed by atoms with van der Waals surface area (Å²) in [6, 6.07) is 29.5. The molecule has 0 aliphatic carbocycles. The Balaban J connectivity index is 2.16. The molecule has 3 aromatic carbocycles. The maximum absolute atomic E-state index is 13.1. The number of carboxylic acids is 1. The molecule has 0 saturated heterocycles. The van der Waals surface area contributed by atoms with Crippen LogP contribution >= 0.6 is 11.8 Å². The first kappa shape index (κ1) is 23.6. The lowest BCUT2D eigenvalue weighted by molar-refractivity contribution is -0.138. The Morgan fingerprint density at radius 3 is 1.66 bits per heavy atom. The van der Waals surface area contributed by atoms with Crippen LogP contribution in [-0.4, -0.2) is 41.6 Å². The lowest BCUT2D eigenvalue weighted by Gasteiger charge is -2.40. The van der Waals surface area contributed by atoms with Crippen molar-refractivity contribution < 1.29 is 14.7 Å². The molecule has 0 radical (unpaired) electrons. The van der Waals surface area contributed by atoms with Gasteiger partial charge in [-0.05, 0) is 35.1 Å². The second-order valence-electron chi connectivity index (χ2n) is 7.44. The van der Waals surface area contributed by atoms with Crippen LogP contribution in [0.15, 0.2) is 91.0 Å². The van der Waals surface area contributed by atoms with Gasteiger partial charge in [-0.25, -0.2) is 0 Å². The van der Waals surface area contributed by atoms with Crippen LogP contribution in [0.4, 0.5) is 0 Å². The molecule has 1 atom stereocenters. The van der Waals surface area contributed by atoms with Gasteiger partial charge in [0.15, 0.2) is 0 Å². The first-order valence-corrected chi connectivity index (χ1v) is 11.9. The van der Waals surface area contributed by atoms with E-state index >= 15 is 0 Å². The smallest absolute Gasteiger partial charge is 0.322 e. The molecule has 0 aliphatic heterocycles. The summed E-state index contributed by atoms with van der Waals surface area (Å²) in [6.45, 7) is -0.411. The minimum Gasteiger partial charge on any atom is -0.480 e. The molecule has 0 aliphatic rings. The maximum atomic E-state index is 13.1. The van der Waals surface area contributed by atoms with E-state index in [1.54, 1.807) is 11.8 Å². The first-order chi connectivity index (χ1) is 15.6. The summed E-state index contributed by atoms with van der Waals surface area (Å²) < 4.78 is 0. The molecule has 0 saturated carbocycles. The Morgan fingerprint density at radius 1 is 0.844 bits per heavy atom. The van der Waals surface area contributed by atoms with Gasteiger partial charge in [-0.1, -0.05) is 91.0 Å². The van der Waals surface area contributed by atoms with Crippen molar-refractivity contribution in [2.45, 2.75) is 18.0 Å². The fourth-order valence-electron chi connectivity index (χ4n) is 3.87. The van der Waals surface area contributed by atoms with Crippen LogP contribution in [0.3, 0.4) is 0 Å². The SMILES string of the molecule is CSCC[C@H](NC(c1ccccc1)(c1ccccc1)c1ccccc1)C(=O)NCC(=O)O. The van der Waals surface area contributed by atoms with Crippen molar-refractivity contribution in [2.24, 2.45) is 0 Å². The van der Waals surface area contributed by atoms with Crippen LogP contribution in [-0.2, 0) is 15.1 Å². The normalized spacial score (nSPS) is 12.2. The maximum Gasteiger partial charge on any atom is 0.322 e. The quantitative estimate of drug-likeness (QED) is 0.388. The van der Waals surface area contributed by atoms with Crippen LogP contribution in [0.25, 0.3) is 0 Å². The number of amides is 1. The van der Waals surface area contributed by atoms with Crippen LogP contribution in [0.5, 0.6) is 0 Å². The molecule has 0 aromatic heterocycles. The number of aliphatic carboxylic acids is 1. The molecule has 0 bridgehead atoms. The summed E-state index contributed by atoms with van der Waals surface area (Å²) in [5, 5.41) is 15.3. The number of carbonyl (C=O) groups excluding carboxylic acids is 1. The first-order valence-electron chi connectivity index (χ1n) is 10.5. The number of rotatable bonds is 11. The summed E-state index contributed by atoms with van der Waals surface area (Å²) in [7, 11) is 0. The molecule has 3 rings (SSSR count). The van der Waals surface area contributed by atoms with Crippen molar-refractivity contribution in [2.75, 3.05) is 18.6 Å². The van der Waals surface area contributed by atoms with Gasteiger partial charge in [0.1, 0.15) is 6.54 Å². The predicted octanol–water partition coefficient (Wildman–Crippen LogP) is 3.89. The van der Waals surface area contributed by atoms with E-state index in [-0.39, 0.29) is 5.91 Å². The van der Waals surface area contributed by atoms with Crippen molar-refractivity contribution in [1.82, 2.24) is 10.6 Å². The second kappa shape index (κ2) is 11.5. The molecule has 6 heteroatoms. The number of hydrogen-bond donors (Lipinski definition) is 3. The van der Waals surface area contributed by atoms with Gasteiger partial charge in [0.25, 0.3) is 0 Å². The van der Waals surface area contributed by atoms with Crippen molar-refractivity contribution in [1.29, 1.82) is 0 Å². The standard InChI is InChI=1S/C26H28N2O3S/c1-32-18-17-23(25(31)27-19-24(29)30)28-26(20-11-5-2-6-12-20,21-13-7-3-8-14-21)22-15-9-4-10-16-22/h2-16,23,28H,17-19H2,1H3,(H,27,31)(H,29,30)/t23-/m0/s1. The summed E-state index contributed by atoms with van der Waals surface area (Å²) in [5.74, 6) is -0.636. The Hall–Kier alpha value is -3.09. The number of nitrogens with one attached hydrogen (secondary N) is 2. The minimum absolute atomic E-state index is 0.325. The van der Waals surface area contributed by atoms with Crippen LogP contribution in [0, 0.1) is 0 Å². The molecular weight excluding hydrogens is 420 g/mol. The molecule has 32 heavy (non-hydrogen) atoms. The van der Waals surface area contributed by atoms with Crippen molar-refractivity contribution >= 4 is 23.6 Å². The highest BCUT2D eigenvalue weighted by atomic mass is 32.2. The summed E-state index contributed by atoms with van der Waals surface area (Å²) in [5.41, 5.74) is 2.20. The van der Waals surface area contributed by atoms with Gasteiger partial charge in [-0.2, -0.15) is 11.8 Å². The van der Waals surface area contributed by atoms with Crippen LogP contribution in [0.1, 0.15) is 23.1 Å². The lowest BCUT2D eigenvalue weighted by Crippen LogP contribution is -2.55. The topological polar surface area (TPSA) is 78.4 Å². The molecule has 5 nitrogen and oxygen atoms in total. The Labute approximate surface area is 193 Å². The van der Waals surface area contributed by atoms with Gasteiger partial charge < -0.3 is 10.4 Å². The number of carbonyl (C=O) groups is 2. The van der Waals surface area contributed by atoms with Crippen LogP contribution in [0.2, 0.25) is 0 Å². The van der Waals surface area contributed by atoms with E-state index in [2.05, 4.69) is 10.6 Å². The van der Waals surface area contributed by atoms with Crippen molar-refractivity contribution in [3.63, 3.8) is 0 Å². The van der Waals surface area contributed by atoms with Gasteiger partial charge in [-0.3, -0.25) is 14.9 Å². The zero-order chi connectivity index (χ0) is 22.8. The summed E-state index contributed by atoms with van der Waals surface area (Å²) >= 11 is 1.65. The second-order valence-corrected chi connectivity index (χ2v) is 8.42. The van der Waals surface area contributed by atoms with Crippen LogP contribution < -0.4 is 10.6 Å². The van der Waals surface area contributed by atoms with E-state index in [4.69, 9.17) is 5.11 Å². The van der Waals surface area contributed by atoms with E-state index in [1.165, 1.54) is 0 Å². The summed E-state index contributed by atoms with van der Waals surface area (Å²) in [6.07, 6.45) is 2.55. The Bertz CT molecular complexity index is 901. The number of carboxylic acid groups (broad SMARTS) is 1. The molecule has 1 amide bonds. The van der Waals surface area contributed by atoms with E-state index in [0.29, 0.717) is 6.42 Å².